The van der Waals surface area contributed by atoms with E-state index in [2.05, 4.69) is 15.0 Å². The minimum atomic E-state index is -5.01. The van der Waals surface area contributed by atoms with E-state index in [9.17, 15) is 39.6 Å². The fourth-order valence-electron chi connectivity index (χ4n) is 2.78. The highest BCUT2D eigenvalue weighted by Crippen LogP contribution is 2.34. The molecule has 0 unspecified atom stereocenters. The molecule has 0 radical (unpaired) electrons. The first-order valence-electron chi connectivity index (χ1n) is 8.81. The Hall–Kier alpha value is -3.33. The Kier molecular flexibility index (Phi) is 6.54. The summed E-state index contributed by atoms with van der Waals surface area (Å²) in [5.41, 5.74) is -2.21. The molecule has 1 aromatic heterocycles. The van der Waals surface area contributed by atoms with Crippen LogP contribution in [0.5, 0.6) is 5.75 Å². The fourth-order valence-corrected chi connectivity index (χ4v) is 4.22. The van der Waals surface area contributed by atoms with Crippen LogP contribution in [0.3, 0.4) is 0 Å². The lowest BCUT2D eigenvalue weighted by Crippen LogP contribution is -2.32. The molecular formula is C18H11ClF6N4O4S. The van der Waals surface area contributed by atoms with E-state index in [4.69, 9.17) is 11.6 Å². The number of carbonyl (C=O) groups excluding carboxylic acids is 1. The maximum atomic E-state index is 13.2. The second-order valence-corrected chi connectivity index (χ2v) is 8.58. The lowest BCUT2D eigenvalue weighted by molar-refractivity contribution is -0.274. The van der Waals surface area contributed by atoms with Crippen molar-refractivity contribution in [2.24, 2.45) is 0 Å². The average molecular weight is 529 g/mol. The van der Waals surface area contributed by atoms with E-state index in [1.54, 1.807) is 0 Å². The largest absolute Gasteiger partial charge is 0.573 e. The fraction of sp³-hybridized carbons (Fsp3) is 0.167. The topological polar surface area (TPSA) is 103 Å². The van der Waals surface area contributed by atoms with Crippen molar-refractivity contribution < 1.29 is 44.3 Å². The van der Waals surface area contributed by atoms with Crippen LogP contribution < -0.4 is 9.46 Å². The first-order chi connectivity index (χ1) is 15.6. The summed E-state index contributed by atoms with van der Waals surface area (Å²) < 4.78 is 108. The molecule has 0 saturated heterocycles. The van der Waals surface area contributed by atoms with E-state index in [0.29, 0.717) is 12.1 Å². The van der Waals surface area contributed by atoms with Gasteiger partial charge in [0, 0.05) is 6.07 Å². The molecule has 0 aliphatic rings. The van der Waals surface area contributed by atoms with E-state index in [0.717, 1.165) is 35.0 Å². The summed E-state index contributed by atoms with van der Waals surface area (Å²) in [4.78, 5) is 11.3. The number of nitrogens with one attached hydrogen (secondary N) is 1. The van der Waals surface area contributed by atoms with E-state index >= 15 is 0 Å². The molecule has 182 valence electrons. The van der Waals surface area contributed by atoms with Crippen molar-refractivity contribution in [3.05, 3.63) is 64.4 Å². The minimum absolute atomic E-state index is 0.0366. The highest BCUT2D eigenvalue weighted by molar-refractivity contribution is 7.90. The number of hydrogen-bond acceptors (Lipinski definition) is 6. The van der Waals surface area contributed by atoms with Gasteiger partial charge < -0.3 is 4.74 Å². The van der Waals surface area contributed by atoms with Gasteiger partial charge >= 0.3 is 12.5 Å². The molecule has 16 heteroatoms. The number of rotatable bonds is 5. The Morgan fingerprint density at radius 3 is 2.32 bits per heavy atom. The zero-order valence-corrected chi connectivity index (χ0v) is 18.1. The maximum Gasteiger partial charge on any atom is 0.573 e. The highest BCUT2D eigenvalue weighted by atomic mass is 35.5. The molecule has 3 aromatic rings. The summed E-state index contributed by atoms with van der Waals surface area (Å²) in [7, 11) is -4.97. The molecule has 0 spiro atoms. The number of sulfonamides is 1. The number of hydrogen-bond donors (Lipinski definition) is 1. The molecule has 3 rings (SSSR count). The summed E-state index contributed by atoms with van der Waals surface area (Å²) in [6.07, 6.45) is -9.97. The van der Waals surface area contributed by atoms with E-state index in [1.165, 1.54) is 11.6 Å². The predicted octanol–water partition coefficient (Wildman–Crippen LogP) is 4.27. The van der Waals surface area contributed by atoms with Crippen LogP contribution in [0, 0.1) is 6.92 Å². The van der Waals surface area contributed by atoms with Gasteiger partial charge in [-0.05, 0) is 31.2 Å². The quantitative estimate of drug-likeness (QED) is 0.496. The number of ether oxygens (including phenoxy) is 1. The molecule has 0 aliphatic carbocycles. The second-order valence-electron chi connectivity index (χ2n) is 6.52. The molecule has 2 aromatic carbocycles. The van der Waals surface area contributed by atoms with Gasteiger partial charge in [-0.15, -0.1) is 18.3 Å². The average Bonchev–Trinajstić information content (AvgIpc) is 3.07. The van der Waals surface area contributed by atoms with Gasteiger partial charge in [-0.3, -0.25) is 4.79 Å². The van der Waals surface area contributed by atoms with Crippen LogP contribution in [0.4, 0.5) is 26.3 Å². The van der Waals surface area contributed by atoms with E-state index in [1.807, 2.05) is 0 Å². The molecular weight excluding hydrogens is 518 g/mol. The summed E-state index contributed by atoms with van der Waals surface area (Å²) >= 11 is 5.96. The summed E-state index contributed by atoms with van der Waals surface area (Å²) in [6.45, 7) is 1.25. The van der Waals surface area contributed by atoms with Crippen molar-refractivity contribution >= 4 is 27.5 Å². The molecule has 34 heavy (non-hydrogen) atoms. The number of halogens is 7. The minimum Gasteiger partial charge on any atom is -0.406 e. The number of alkyl halides is 6. The Bertz CT molecular complexity index is 1360. The van der Waals surface area contributed by atoms with Gasteiger partial charge in [0.2, 0.25) is 0 Å². The third-order valence-corrected chi connectivity index (χ3v) is 5.89. The lowest BCUT2D eigenvalue weighted by atomic mass is 10.2. The van der Waals surface area contributed by atoms with Gasteiger partial charge in [0.1, 0.15) is 5.75 Å². The zero-order valence-electron chi connectivity index (χ0n) is 16.6. The third kappa shape index (κ3) is 5.41. The van der Waals surface area contributed by atoms with Crippen molar-refractivity contribution in [1.82, 2.24) is 19.7 Å². The number of nitrogens with zero attached hydrogens (tertiary/aromatic N) is 3. The molecule has 0 aliphatic heterocycles. The molecule has 0 atom stereocenters. The predicted molar refractivity (Wildman–Crippen MR) is 104 cm³/mol. The zero-order chi connectivity index (χ0) is 25.5. The van der Waals surface area contributed by atoms with Crippen LogP contribution in [0.15, 0.2) is 47.4 Å². The van der Waals surface area contributed by atoms with Gasteiger partial charge in [0.05, 0.1) is 26.9 Å². The van der Waals surface area contributed by atoms with Crippen molar-refractivity contribution in [2.75, 3.05) is 0 Å². The summed E-state index contributed by atoms with van der Waals surface area (Å²) in [5, 5.41) is 6.84. The van der Waals surface area contributed by atoms with Gasteiger partial charge in [-0.1, -0.05) is 28.9 Å². The second kappa shape index (κ2) is 8.79. The molecule has 1 N–H and O–H groups in total. The van der Waals surface area contributed by atoms with E-state index in [-0.39, 0.29) is 16.4 Å². The normalized spacial score (nSPS) is 12.5. The lowest BCUT2D eigenvalue weighted by Gasteiger charge is -2.13. The van der Waals surface area contributed by atoms with Crippen LogP contribution in [0.25, 0.3) is 5.69 Å². The third-order valence-electron chi connectivity index (χ3n) is 4.20. The van der Waals surface area contributed by atoms with Crippen LogP contribution in [0.1, 0.15) is 21.7 Å². The maximum absolute atomic E-state index is 13.2. The van der Waals surface area contributed by atoms with Gasteiger partial charge in [-0.2, -0.15) is 13.2 Å². The first kappa shape index (κ1) is 25.3. The smallest absolute Gasteiger partial charge is 0.406 e. The molecule has 0 fully saturated rings. The molecule has 1 heterocycles. The molecule has 0 bridgehead atoms. The molecule has 8 nitrogen and oxygen atoms in total. The Morgan fingerprint density at radius 2 is 1.74 bits per heavy atom. The van der Waals surface area contributed by atoms with E-state index < -0.39 is 50.4 Å². The summed E-state index contributed by atoms with van der Waals surface area (Å²) in [5.74, 6) is -2.03. The van der Waals surface area contributed by atoms with Crippen LogP contribution in [-0.2, 0) is 16.2 Å². The van der Waals surface area contributed by atoms with Gasteiger partial charge in [0.15, 0.2) is 5.69 Å². The van der Waals surface area contributed by atoms with Crippen LogP contribution in [-0.4, -0.2) is 35.7 Å². The number of benzene rings is 2. The van der Waals surface area contributed by atoms with Crippen LogP contribution >= 0.6 is 11.6 Å². The first-order valence-corrected chi connectivity index (χ1v) is 10.7. The van der Waals surface area contributed by atoms with Crippen molar-refractivity contribution in [1.29, 1.82) is 0 Å². The molecule has 1 amide bonds. The van der Waals surface area contributed by atoms with Gasteiger partial charge in [-0.25, -0.2) is 17.8 Å². The number of carbonyl (C=O) groups is 1. The number of aromatic nitrogens is 3. The SMILES string of the molecule is Cc1c(C(=O)NS(=O)(=O)c2ccccc2C(F)(F)F)nnn1-c1ccc(OC(F)(F)F)cc1Cl. The van der Waals surface area contributed by atoms with Crippen molar-refractivity contribution in [2.45, 2.75) is 24.4 Å². The Balaban J connectivity index is 1.91. The number of amides is 1. The Morgan fingerprint density at radius 1 is 1.09 bits per heavy atom. The molecule has 0 saturated carbocycles. The van der Waals surface area contributed by atoms with Crippen molar-refractivity contribution in [3.8, 4) is 11.4 Å². The van der Waals surface area contributed by atoms with Gasteiger partial charge in [0.25, 0.3) is 15.9 Å². The Labute approximate surface area is 192 Å². The summed E-state index contributed by atoms with van der Waals surface area (Å²) in [6, 6.07) is 6.04. The highest BCUT2D eigenvalue weighted by Gasteiger charge is 2.38. The van der Waals surface area contributed by atoms with Crippen LogP contribution in [0.2, 0.25) is 5.02 Å². The standard InChI is InChI=1S/C18H11ClF6N4O4S/c1-9-15(16(30)27-34(31,32)14-5-3-2-4-11(14)17(20,21)22)26-28-29(9)13-7-6-10(8-12(13)19)33-18(23,24)25/h2-8H,1H3,(H,27,30). The van der Waals surface area contributed by atoms with Crippen molar-refractivity contribution in [3.63, 3.8) is 0 Å². The monoisotopic (exact) mass is 528 g/mol.